The molecule has 0 aliphatic heterocycles. The van der Waals surface area contributed by atoms with Gasteiger partial charge in [0.15, 0.2) is 0 Å². The van der Waals surface area contributed by atoms with Crippen LogP contribution in [0.1, 0.15) is 10.5 Å². The normalized spacial score (nSPS) is 10.4. The van der Waals surface area contributed by atoms with Crippen LogP contribution in [0.15, 0.2) is 24.3 Å². The van der Waals surface area contributed by atoms with Gasteiger partial charge < -0.3 is 9.84 Å². The highest BCUT2D eigenvalue weighted by Gasteiger charge is 2.17. The Morgan fingerprint density at radius 3 is 2.55 bits per heavy atom. The van der Waals surface area contributed by atoms with E-state index >= 15 is 0 Å². The first kappa shape index (κ1) is 14.9. The summed E-state index contributed by atoms with van der Waals surface area (Å²) in [5, 5.41) is 9.85. The van der Waals surface area contributed by atoms with E-state index in [-0.39, 0.29) is 21.4 Å². The third-order valence-electron chi connectivity index (χ3n) is 2.55. The van der Waals surface area contributed by atoms with Gasteiger partial charge in [0, 0.05) is 10.6 Å². The summed E-state index contributed by atoms with van der Waals surface area (Å²) in [4.78, 5) is 15.0. The minimum absolute atomic E-state index is 0.132. The summed E-state index contributed by atoms with van der Waals surface area (Å²) in [6.07, 6.45) is 0. The van der Waals surface area contributed by atoms with E-state index < -0.39 is 5.97 Å². The molecule has 0 saturated heterocycles. The van der Waals surface area contributed by atoms with Gasteiger partial charge in [0.25, 0.3) is 0 Å². The van der Waals surface area contributed by atoms with Crippen molar-refractivity contribution < 1.29 is 14.6 Å². The third-order valence-corrected chi connectivity index (χ3v) is 3.57. The second-order valence-electron chi connectivity index (χ2n) is 3.80. The predicted octanol–water partition coefficient (Wildman–Crippen LogP) is 4.42. The first-order valence-electron chi connectivity index (χ1n) is 5.37. The molecule has 2 rings (SSSR count). The Hall–Kier alpha value is -1.49. The van der Waals surface area contributed by atoms with Gasteiger partial charge in [-0.25, -0.2) is 9.78 Å². The van der Waals surface area contributed by atoms with E-state index in [2.05, 4.69) is 4.98 Å². The van der Waals surface area contributed by atoms with Gasteiger partial charge in [-0.2, -0.15) is 0 Å². The lowest BCUT2D eigenvalue weighted by atomic mass is 10.1. The first-order chi connectivity index (χ1) is 9.43. The van der Waals surface area contributed by atoms with Gasteiger partial charge in [0.2, 0.25) is 0 Å². The third kappa shape index (κ3) is 2.82. The van der Waals surface area contributed by atoms with Crippen LogP contribution in [-0.2, 0) is 0 Å². The van der Waals surface area contributed by atoms with Crippen LogP contribution in [0.2, 0.25) is 15.1 Å². The summed E-state index contributed by atoms with van der Waals surface area (Å²) in [6.45, 7) is 0. The molecule has 1 aromatic heterocycles. The van der Waals surface area contributed by atoms with Crippen molar-refractivity contribution in [3.05, 3.63) is 45.0 Å². The second-order valence-corrected chi connectivity index (χ2v) is 5.02. The summed E-state index contributed by atoms with van der Waals surface area (Å²) < 4.78 is 5.17. The molecule has 1 heterocycles. The van der Waals surface area contributed by atoms with Gasteiger partial charge in [-0.1, -0.05) is 34.8 Å². The van der Waals surface area contributed by atoms with E-state index in [1.165, 1.54) is 25.3 Å². The van der Waals surface area contributed by atoms with Crippen LogP contribution in [0.3, 0.4) is 0 Å². The Morgan fingerprint density at radius 2 is 1.95 bits per heavy atom. The van der Waals surface area contributed by atoms with Crippen LogP contribution in [0.25, 0.3) is 11.3 Å². The van der Waals surface area contributed by atoms with Crippen LogP contribution in [0.5, 0.6) is 5.75 Å². The first-order valence-corrected chi connectivity index (χ1v) is 6.50. The molecule has 2 aromatic rings. The fraction of sp³-hybridized carbons (Fsp3) is 0.0769. The van der Waals surface area contributed by atoms with Gasteiger partial charge in [-0.05, 0) is 24.3 Å². The molecule has 1 aromatic carbocycles. The Morgan fingerprint density at radius 1 is 1.25 bits per heavy atom. The topological polar surface area (TPSA) is 59.4 Å². The van der Waals surface area contributed by atoms with Crippen LogP contribution in [-0.4, -0.2) is 23.2 Å². The van der Waals surface area contributed by atoms with Gasteiger partial charge in [0.05, 0.1) is 17.2 Å². The number of hydrogen-bond donors (Lipinski definition) is 1. The standard InChI is InChI=1S/C13H8Cl3NO3/c1-20-10-3-2-9(13(18)19)17-12(10)7-4-6(14)5-8(15)11(7)16/h2-5H,1H3,(H,18,19). The number of halogens is 3. The summed E-state index contributed by atoms with van der Waals surface area (Å²) in [5.74, 6) is -0.784. The molecule has 0 bridgehead atoms. The molecule has 0 atom stereocenters. The Labute approximate surface area is 129 Å². The molecule has 0 radical (unpaired) electrons. The number of carbonyl (C=O) groups is 1. The fourth-order valence-electron chi connectivity index (χ4n) is 1.65. The lowest BCUT2D eigenvalue weighted by Gasteiger charge is -2.11. The number of rotatable bonds is 3. The molecule has 7 heteroatoms. The average molecular weight is 333 g/mol. The van der Waals surface area contributed by atoms with E-state index in [1.54, 1.807) is 6.07 Å². The Kier molecular flexibility index (Phi) is 4.38. The number of methoxy groups -OCH3 is 1. The minimum atomic E-state index is -1.15. The van der Waals surface area contributed by atoms with Gasteiger partial charge in [0.1, 0.15) is 17.1 Å². The number of nitrogens with zero attached hydrogens (tertiary/aromatic N) is 1. The van der Waals surface area contributed by atoms with E-state index in [1.807, 2.05) is 0 Å². The maximum Gasteiger partial charge on any atom is 0.354 e. The van der Waals surface area contributed by atoms with Crippen LogP contribution < -0.4 is 4.74 Å². The lowest BCUT2D eigenvalue weighted by molar-refractivity contribution is 0.0690. The molecule has 1 N–H and O–H groups in total. The monoisotopic (exact) mass is 331 g/mol. The molecule has 0 aliphatic carbocycles. The molecule has 0 amide bonds. The number of ether oxygens (including phenoxy) is 1. The van der Waals surface area contributed by atoms with Gasteiger partial charge >= 0.3 is 5.97 Å². The van der Waals surface area contributed by atoms with Crippen molar-refractivity contribution in [2.75, 3.05) is 7.11 Å². The summed E-state index contributed by atoms with van der Waals surface area (Å²) in [6, 6.07) is 5.87. The lowest BCUT2D eigenvalue weighted by Crippen LogP contribution is -2.02. The Bertz CT molecular complexity index is 689. The van der Waals surface area contributed by atoms with Gasteiger partial charge in [-0.15, -0.1) is 0 Å². The molecular weight excluding hydrogens is 325 g/mol. The van der Waals surface area contributed by atoms with Crippen molar-refractivity contribution >= 4 is 40.8 Å². The summed E-state index contributed by atoms with van der Waals surface area (Å²) in [7, 11) is 1.45. The number of carboxylic acids is 1. The van der Waals surface area contributed by atoms with Crippen molar-refractivity contribution in [1.29, 1.82) is 0 Å². The SMILES string of the molecule is COc1ccc(C(=O)O)nc1-c1cc(Cl)cc(Cl)c1Cl. The molecule has 0 saturated carbocycles. The number of carboxylic acid groups (broad SMARTS) is 1. The quantitative estimate of drug-likeness (QED) is 0.845. The highest BCUT2D eigenvalue weighted by atomic mass is 35.5. The molecule has 20 heavy (non-hydrogen) atoms. The predicted molar refractivity (Wildman–Crippen MR) is 78.2 cm³/mol. The Balaban J connectivity index is 2.73. The molecule has 104 valence electrons. The highest BCUT2D eigenvalue weighted by Crippen LogP contribution is 2.39. The van der Waals surface area contributed by atoms with Gasteiger partial charge in [-0.3, -0.25) is 0 Å². The van der Waals surface area contributed by atoms with Crippen molar-refractivity contribution in [1.82, 2.24) is 4.98 Å². The van der Waals surface area contributed by atoms with Crippen molar-refractivity contribution in [2.45, 2.75) is 0 Å². The molecule has 0 unspecified atom stereocenters. The number of benzene rings is 1. The zero-order chi connectivity index (χ0) is 14.9. The van der Waals surface area contributed by atoms with E-state index in [0.717, 1.165) is 0 Å². The number of hydrogen-bond acceptors (Lipinski definition) is 3. The van der Waals surface area contributed by atoms with E-state index in [4.69, 9.17) is 44.6 Å². The zero-order valence-electron chi connectivity index (χ0n) is 10.2. The maximum atomic E-state index is 11.0. The zero-order valence-corrected chi connectivity index (χ0v) is 12.4. The number of aromatic nitrogens is 1. The number of aromatic carboxylic acids is 1. The van der Waals surface area contributed by atoms with Crippen LogP contribution in [0, 0.1) is 0 Å². The average Bonchev–Trinajstić information content (AvgIpc) is 2.42. The van der Waals surface area contributed by atoms with Crippen molar-refractivity contribution in [3.8, 4) is 17.0 Å². The maximum absolute atomic E-state index is 11.0. The molecular formula is C13H8Cl3NO3. The van der Waals surface area contributed by atoms with Crippen molar-refractivity contribution in [2.24, 2.45) is 0 Å². The van der Waals surface area contributed by atoms with Crippen molar-refractivity contribution in [3.63, 3.8) is 0 Å². The van der Waals surface area contributed by atoms with Crippen LogP contribution in [0.4, 0.5) is 0 Å². The molecule has 0 spiro atoms. The van der Waals surface area contributed by atoms with Crippen LogP contribution >= 0.6 is 34.8 Å². The summed E-state index contributed by atoms with van der Waals surface area (Å²) in [5.41, 5.74) is 0.541. The summed E-state index contributed by atoms with van der Waals surface area (Å²) >= 11 is 18.0. The second kappa shape index (κ2) is 5.87. The minimum Gasteiger partial charge on any atom is -0.494 e. The fourth-order valence-corrected chi connectivity index (χ4v) is 2.34. The largest absolute Gasteiger partial charge is 0.494 e. The number of pyridine rings is 1. The highest BCUT2D eigenvalue weighted by molar-refractivity contribution is 6.45. The molecule has 4 nitrogen and oxygen atoms in total. The van der Waals surface area contributed by atoms with E-state index in [9.17, 15) is 4.79 Å². The smallest absolute Gasteiger partial charge is 0.354 e. The van der Waals surface area contributed by atoms with E-state index in [0.29, 0.717) is 16.3 Å². The molecule has 0 aliphatic rings. The molecule has 0 fully saturated rings.